The second kappa shape index (κ2) is 10.5. The number of rotatable bonds is 9. The van der Waals surface area contributed by atoms with Crippen molar-refractivity contribution in [2.45, 2.75) is 44.1 Å². The van der Waals surface area contributed by atoms with E-state index < -0.39 is 6.10 Å². The number of nitrogens with one attached hydrogen (secondary N) is 1. The largest absolute Gasteiger partial charge is 0.497 e. The molecule has 2 aromatic rings. The molecule has 1 aliphatic rings. The van der Waals surface area contributed by atoms with Crippen LogP contribution in [-0.2, 0) is 16.1 Å². The van der Waals surface area contributed by atoms with Gasteiger partial charge in [0.25, 0.3) is 0 Å². The number of likely N-dealkylation sites (N-methyl/N-ethyl adjacent to an activating group) is 1. The Kier molecular flexibility index (Phi) is 7.78. The standard InChI is InChI=1S/C21H31N5O4/c1-25(2)13-21(28)22-18-8-7-16(30-20(18)14-27)9-10-26-12-19(23-24-26)15-5-4-6-17(11-15)29-3/h4-6,11-12,16,18,20,27H,7-10,13-14H2,1-3H3,(H,22,28)/t16-,18+,20+/m1/s1. The average molecular weight is 418 g/mol. The molecule has 164 valence electrons. The number of methoxy groups -OCH3 is 1. The van der Waals surface area contributed by atoms with E-state index in [1.807, 2.05) is 49.5 Å². The summed E-state index contributed by atoms with van der Waals surface area (Å²) >= 11 is 0. The van der Waals surface area contributed by atoms with E-state index in [9.17, 15) is 9.90 Å². The summed E-state index contributed by atoms with van der Waals surface area (Å²) in [7, 11) is 5.33. The number of aliphatic hydroxyl groups excluding tert-OH is 1. The lowest BCUT2D eigenvalue weighted by atomic mass is 9.97. The zero-order valence-corrected chi connectivity index (χ0v) is 17.8. The van der Waals surface area contributed by atoms with Gasteiger partial charge < -0.3 is 24.8 Å². The Labute approximate surface area is 177 Å². The van der Waals surface area contributed by atoms with E-state index in [4.69, 9.17) is 9.47 Å². The molecule has 3 atom stereocenters. The maximum atomic E-state index is 12.0. The van der Waals surface area contributed by atoms with Crippen molar-refractivity contribution in [3.8, 4) is 17.0 Å². The maximum Gasteiger partial charge on any atom is 0.234 e. The third-order valence-corrected chi connectivity index (χ3v) is 5.19. The average Bonchev–Trinajstić information content (AvgIpc) is 3.21. The molecule has 3 rings (SSSR count). The summed E-state index contributed by atoms with van der Waals surface area (Å²) in [6.07, 6.45) is 3.88. The number of amides is 1. The zero-order chi connectivity index (χ0) is 21.5. The third-order valence-electron chi connectivity index (χ3n) is 5.19. The first-order valence-corrected chi connectivity index (χ1v) is 10.2. The highest BCUT2D eigenvalue weighted by Crippen LogP contribution is 2.24. The molecule has 0 radical (unpaired) electrons. The van der Waals surface area contributed by atoms with Gasteiger partial charge in [0, 0.05) is 12.1 Å². The van der Waals surface area contributed by atoms with Crippen molar-refractivity contribution in [1.82, 2.24) is 25.2 Å². The van der Waals surface area contributed by atoms with Gasteiger partial charge in [-0.25, -0.2) is 0 Å². The molecule has 1 fully saturated rings. The highest BCUT2D eigenvalue weighted by atomic mass is 16.5. The van der Waals surface area contributed by atoms with Crippen LogP contribution in [0.5, 0.6) is 5.75 Å². The first-order valence-electron chi connectivity index (χ1n) is 10.2. The molecule has 0 unspecified atom stereocenters. The van der Waals surface area contributed by atoms with Crippen LogP contribution in [0, 0.1) is 0 Å². The molecule has 0 bridgehead atoms. The number of carbonyl (C=O) groups is 1. The number of ether oxygens (including phenoxy) is 2. The van der Waals surface area contributed by atoms with Crippen molar-refractivity contribution < 1.29 is 19.4 Å². The van der Waals surface area contributed by atoms with Gasteiger partial charge in [-0.15, -0.1) is 5.10 Å². The fourth-order valence-electron chi connectivity index (χ4n) is 3.65. The van der Waals surface area contributed by atoms with Crippen LogP contribution in [0.15, 0.2) is 30.5 Å². The Bertz CT molecular complexity index is 825. The van der Waals surface area contributed by atoms with Gasteiger partial charge in [-0.05, 0) is 45.5 Å². The smallest absolute Gasteiger partial charge is 0.234 e. The van der Waals surface area contributed by atoms with Gasteiger partial charge in [0.2, 0.25) is 5.91 Å². The predicted molar refractivity (Wildman–Crippen MR) is 112 cm³/mol. The molecule has 1 aromatic carbocycles. The molecule has 30 heavy (non-hydrogen) atoms. The van der Waals surface area contributed by atoms with E-state index in [0.717, 1.165) is 36.3 Å². The number of aromatic nitrogens is 3. The number of benzene rings is 1. The van der Waals surface area contributed by atoms with E-state index in [0.29, 0.717) is 13.1 Å². The number of nitrogens with zero attached hydrogens (tertiary/aromatic N) is 4. The lowest BCUT2D eigenvalue weighted by Crippen LogP contribution is -2.52. The predicted octanol–water partition coefficient (Wildman–Crippen LogP) is 0.930. The SMILES string of the molecule is COc1cccc(-c2cn(CC[C@H]3CC[C@H](NC(=O)CN(C)C)[C@H](CO)O3)nn2)c1. The molecule has 1 amide bonds. The van der Waals surface area contributed by atoms with Crippen molar-refractivity contribution in [1.29, 1.82) is 0 Å². The van der Waals surface area contributed by atoms with Crippen LogP contribution >= 0.6 is 0 Å². The highest BCUT2D eigenvalue weighted by Gasteiger charge is 2.31. The third kappa shape index (κ3) is 6.01. The Balaban J connectivity index is 1.51. The monoisotopic (exact) mass is 417 g/mol. The summed E-state index contributed by atoms with van der Waals surface area (Å²) in [5.41, 5.74) is 1.74. The van der Waals surface area contributed by atoms with Gasteiger partial charge >= 0.3 is 0 Å². The van der Waals surface area contributed by atoms with E-state index >= 15 is 0 Å². The van der Waals surface area contributed by atoms with E-state index in [2.05, 4.69) is 15.6 Å². The van der Waals surface area contributed by atoms with E-state index in [1.54, 1.807) is 11.8 Å². The Morgan fingerprint density at radius 2 is 2.23 bits per heavy atom. The van der Waals surface area contributed by atoms with Crippen molar-refractivity contribution in [2.75, 3.05) is 34.4 Å². The summed E-state index contributed by atoms with van der Waals surface area (Å²) in [5, 5.41) is 21.1. The van der Waals surface area contributed by atoms with Crippen molar-refractivity contribution in [3.63, 3.8) is 0 Å². The van der Waals surface area contributed by atoms with Gasteiger partial charge in [0.1, 0.15) is 17.5 Å². The molecule has 1 saturated heterocycles. The molecule has 0 aliphatic carbocycles. The molecular weight excluding hydrogens is 386 g/mol. The molecule has 0 saturated carbocycles. The number of hydrogen-bond donors (Lipinski definition) is 2. The number of hydrogen-bond acceptors (Lipinski definition) is 7. The summed E-state index contributed by atoms with van der Waals surface area (Å²) in [5.74, 6) is 0.720. The van der Waals surface area contributed by atoms with E-state index in [-0.39, 0.29) is 24.7 Å². The summed E-state index contributed by atoms with van der Waals surface area (Å²) in [6, 6.07) is 7.55. The number of carbonyl (C=O) groups excluding carboxylic acids is 1. The maximum absolute atomic E-state index is 12.0. The lowest BCUT2D eigenvalue weighted by Gasteiger charge is -2.36. The Morgan fingerprint density at radius 3 is 2.97 bits per heavy atom. The van der Waals surface area contributed by atoms with Crippen molar-refractivity contribution in [2.24, 2.45) is 0 Å². The topological polar surface area (TPSA) is 102 Å². The Morgan fingerprint density at radius 1 is 1.40 bits per heavy atom. The van der Waals surface area contributed by atoms with Gasteiger partial charge in [0.05, 0.1) is 38.6 Å². The molecule has 1 aliphatic heterocycles. The molecular formula is C21H31N5O4. The van der Waals surface area contributed by atoms with Crippen LogP contribution in [-0.4, -0.2) is 83.5 Å². The number of aryl methyl sites for hydroxylation is 1. The van der Waals surface area contributed by atoms with Crippen molar-refractivity contribution in [3.05, 3.63) is 30.5 Å². The van der Waals surface area contributed by atoms with Gasteiger partial charge in [-0.2, -0.15) is 0 Å². The fraction of sp³-hybridized carbons (Fsp3) is 0.571. The normalized spacial score (nSPS) is 21.6. The van der Waals surface area contributed by atoms with Crippen LogP contribution < -0.4 is 10.1 Å². The second-order valence-corrected chi connectivity index (χ2v) is 7.86. The van der Waals surface area contributed by atoms with Crippen LogP contribution in [0.3, 0.4) is 0 Å². The molecule has 9 heteroatoms. The second-order valence-electron chi connectivity index (χ2n) is 7.86. The first kappa shape index (κ1) is 22.2. The first-order chi connectivity index (χ1) is 14.5. The quantitative estimate of drug-likeness (QED) is 0.626. The summed E-state index contributed by atoms with van der Waals surface area (Å²) in [6.45, 7) is 0.865. The summed E-state index contributed by atoms with van der Waals surface area (Å²) in [4.78, 5) is 13.8. The lowest BCUT2D eigenvalue weighted by molar-refractivity contribution is -0.129. The molecule has 9 nitrogen and oxygen atoms in total. The summed E-state index contributed by atoms with van der Waals surface area (Å²) < 4.78 is 13.1. The molecule has 2 N–H and O–H groups in total. The van der Waals surface area contributed by atoms with Crippen LogP contribution in [0.1, 0.15) is 19.3 Å². The van der Waals surface area contributed by atoms with Crippen LogP contribution in [0.4, 0.5) is 0 Å². The zero-order valence-electron chi connectivity index (χ0n) is 17.8. The minimum absolute atomic E-state index is 0.00798. The van der Waals surface area contributed by atoms with Gasteiger partial charge in [0.15, 0.2) is 0 Å². The highest BCUT2D eigenvalue weighted by molar-refractivity contribution is 5.78. The minimum atomic E-state index is -0.391. The van der Waals surface area contributed by atoms with Crippen LogP contribution in [0.2, 0.25) is 0 Å². The molecule has 1 aromatic heterocycles. The minimum Gasteiger partial charge on any atom is -0.497 e. The molecule has 2 heterocycles. The molecule has 0 spiro atoms. The van der Waals surface area contributed by atoms with E-state index in [1.165, 1.54) is 0 Å². The Hall–Kier alpha value is -2.49. The van der Waals surface area contributed by atoms with Gasteiger partial charge in [-0.3, -0.25) is 9.48 Å². The van der Waals surface area contributed by atoms with Gasteiger partial charge in [-0.1, -0.05) is 17.3 Å². The van der Waals surface area contributed by atoms with Crippen LogP contribution in [0.25, 0.3) is 11.3 Å². The number of aliphatic hydroxyl groups is 1. The fourth-order valence-corrected chi connectivity index (χ4v) is 3.65. The van der Waals surface area contributed by atoms with Crippen molar-refractivity contribution >= 4 is 5.91 Å².